The molecule has 35 heavy (non-hydrogen) atoms. The average molecular weight is 508 g/mol. The van der Waals surface area contributed by atoms with Gasteiger partial charge < -0.3 is 9.64 Å². The molecule has 1 aromatic heterocycles. The molecule has 0 saturated carbocycles. The maximum atomic E-state index is 13.1. The lowest BCUT2D eigenvalue weighted by molar-refractivity contribution is -0.385. The van der Waals surface area contributed by atoms with E-state index in [9.17, 15) is 23.3 Å². The van der Waals surface area contributed by atoms with Crippen LogP contribution in [-0.2, 0) is 15.6 Å². The minimum Gasteiger partial charge on any atom is -0.438 e. The smallest absolute Gasteiger partial charge is 0.274 e. The number of nitrogens with one attached hydrogen (secondary N) is 1. The summed E-state index contributed by atoms with van der Waals surface area (Å²) in [6.07, 6.45) is 2.39. The number of carbonyl (C=O) groups excluding carboxylic acids is 1. The first-order chi connectivity index (χ1) is 16.3. The summed E-state index contributed by atoms with van der Waals surface area (Å²) >= 11 is 0. The van der Waals surface area contributed by atoms with Crippen molar-refractivity contribution in [2.75, 3.05) is 13.1 Å². The van der Waals surface area contributed by atoms with Gasteiger partial charge in [-0.15, -0.1) is 0 Å². The highest BCUT2D eigenvalue weighted by atomic mass is 32.2. The molecular weight excluding hydrogens is 474 g/mol. The van der Waals surface area contributed by atoms with E-state index in [4.69, 9.17) is 4.74 Å². The normalized spacial score (nSPS) is 15.3. The van der Waals surface area contributed by atoms with Crippen molar-refractivity contribution in [3.8, 4) is 11.6 Å². The summed E-state index contributed by atoms with van der Waals surface area (Å²) in [7, 11) is -4.15. The highest BCUT2D eigenvalue weighted by Crippen LogP contribution is 2.37. The lowest BCUT2D eigenvalue weighted by Crippen LogP contribution is -2.32. The molecule has 1 aliphatic rings. The Bertz CT molecular complexity index is 1230. The van der Waals surface area contributed by atoms with Gasteiger partial charge in [0.05, 0.1) is 10.5 Å². The highest BCUT2D eigenvalue weighted by molar-refractivity contribution is 7.89. The molecule has 0 spiro atoms. The number of hydrogen-bond acceptors (Lipinski definition) is 7. The number of non-ortho nitro benzene ring substituents is 1. The third kappa shape index (κ3) is 5.64. The first kappa shape index (κ1) is 26.6. The Morgan fingerprint density at radius 1 is 1.29 bits per heavy atom. The number of nitrogens with zero attached hydrogens (tertiary/aromatic N) is 4. The van der Waals surface area contributed by atoms with Crippen LogP contribution in [0.3, 0.4) is 0 Å². The van der Waals surface area contributed by atoms with Crippen molar-refractivity contribution >= 4 is 21.6 Å². The van der Waals surface area contributed by atoms with Crippen molar-refractivity contribution in [1.29, 1.82) is 0 Å². The zero-order valence-corrected chi connectivity index (χ0v) is 21.8. The van der Waals surface area contributed by atoms with Crippen molar-refractivity contribution in [3.05, 3.63) is 39.6 Å². The molecule has 1 aliphatic heterocycles. The van der Waals surface area contributed by atoms with Crippen LogP contribution in [0, 0.1) is 17.0 Å². The van der Waals surface area contributed by atoms with Crippen LogP contribution >= 0.6 is 0 Å². The molecule has 0 aliphatic carbocycles. The summed E-state index contributed by atoms with van der Waals surface area (Å²) in [6, 6.07) is 3.02. The molecule has 1 fully saturated rings. The molecule has 0 bridgehead atoms. The van der Waals surface area contributed by atoms with Crippen LogP contribution in [0.25, 0.3) is 0 Å². The van der Waals surface area contributed by atoms with Crippen LogP contribution in [-0.4, -0.2) is 53.1 Å². The molecule has 2 aromatic rings. The molecule has 1 unspecified atom stereocenters. The second-order valence-corrected chi connectivity index (χ2v) is 11.5. The molecular formula is C23H33N5O6S. The summed E-state index contributed by atoms with van der Waals surface area (Å²) in [4.78, 5) is 25.2. The molecule has 0 radical (unpaired) electrons. The van der Waals surface area contributed by atoms with Crippen molar-refractivity contribution in [2.45, 2.75) is 77.3 Å². The summed E-state index contributed by atoms with van der Waals surface area (Å²) in [5, 5.41) is 15.9. The summed E-state index contributed by atoms with van der Waals surface area (Å²) in [5.74, 6) is -0.100. The standard InChI is InChI=1S/C23H33N5O6S/c1-7-15(2)25-35(32,33)19-14-17(28(30)31)10-11-18(19)34-22-16(3)20(24-27(22)23(4,5)6)21(29)26-12-8-9-13-26/h10-11,14-15,25H,7-9,12-13H2,1-6H3. The van der Waals surface area contributed by atoms with Gasteiger partial charge in [0.15, 0.2) is 5.69 Å². The molecule has 192 valence electrons. The lowest BCUT2D eigenvalue weighted by atomic mass is 10.1. The number of sulfonamides is 1. The molecule has 2 heterocycles. The van der Waals surface area contributed by atoms with Gasteiger partial charge in [0, 0.05) is 36.8 Å². The van der Waals surface area contributed by atoms with Crippen LogP contribution in [0.1, 0.15) is 69.9 Å². The first-order valence-electron chi connectivity index (χ1n) is 11.6. The van der Waals surface area contributed by atoms with Gasteiger partial charge in [-0.1, -0.05) is 6.92 Å². The highest BCUT2D eigenvalue weighted by Gasteiger charge is 2.32. The van der Waals surface area contributed by atoms with Crippen LogP contribution < -0.4 is 9.46 Å². The van der Waals surface area contributed by atoms with E-state index in [1.807, 2.05) is 27.7 Å². The van der Waals surface area contributed by atoms with Crippen LogP contribution in [0.2, 0.25) is 0 Å². The fraction of sp³-hybridized carbons (Fsp3) is 0.565. The van der Waals surface area contributed by atoms with Gasteiger partial charge in [0.2, 0.25) is 15.9 Å². The number of likely N-dealkylation sites (tertiary alicyclic amines) is 1. The largest absolute Gasteiger partial charge is 0.438 e. The molecule has 3 rings (SSSR count). The molecule has 12 heteroatoms. The van der Waals surface area contributed by atoms with E-state index < -0.39 is 26.5 Å². The van der Waals surface area contributed by atoms with Gasteiger partial charge >= 0.3 is 0 Å². The van der Waals surface area contributed by atoms with E-state index in [2.05, 4.69) is 9.82 Å². The maximum absolute atomic E-state index is 13.1. The number of rotatable bonds is 8. The fourth-order valence-corrected chi connectivity index (χ4v) is 5.22. The van der Waals surface area contributed by atoms with Gasteiger partial charge in [-0.3, -0.25) is 14.9 Å². The van der Waals surface area contributed by atoms with Crippen molar-refractivity contribution < 1.29 is 22.9 Å². The SMILES string of the molecule is CCC(C)NS(=O)(=O)c1cc([N+](=O)[O-])ccc1Oc1c(C)c(C(=O)N2CCCC2)nn1C(C)(C)C. The summed E-state index contributed by atoms with van der Waals surface area (Å²) in [6.45, 7) is 12.2. The van der Waals surface area contributed by atoms with Crippen molar-refractivity contribution in [2.24, 2.45) is 0 Å². The van der Waals surface area contributed by atoms with Crippen molar-refractivity contribution in [1.82, 2.24) is 19.4 Å². The van der Waals surface area contributed by atoms with Gasteiger partial charge in [-0.25, -0.2) is 17.8 Å². The van der Waals surface area contributed by atoms with Gasteiger partial charge in [0.25, 0.3) is 11.6 Å². The Labute approximate surface area is 205 Å². The maximum Gasteiger partial charge on any atom is 0.274 e. The van der Waals surface area contributed by atoms with Crippen LogP contribution in [0.5, 0.6) is 11.6 Å². The monoisotopic (exact) mass is 507 g/mol. The van der Waals surface area contributed by atoms with E-state index in [-0.39, 0.29) is 33.8 Å². The average Bonchev–Trinajstić information content (AvgIpc) is 3.42. The molecule has 1 aromatic carbocycles. The predicted octanol–water partition coefficient (Wildman–Crippen LogP) is 3.96. The van der Waals surface area contributed by atoms with E-state index in [0.717, 1.165) is 18.9 Å². The number of hydrogen-bond donors (Lipinski definition) is 1. The number of aromatic nitrogens is 2. The third-order valence-corrected chi connectivity index (χ3v) is 7.51. The fourth-order valence-electron chi connectivity index (χ4n) is 3.75. The molecule has 1 atom stereocenters. The lowest BCUT2D eigenvalue weighted by Gasteiger charge is -2.23. The summed E-state index contributed by atoms with van der Waals surface area (Å²) < 4.78 is 36.5. The Kier molecular flexibility index (Phi) is 7.56. The van der Waals surface area contributed by atoms with E-state index in [1.165, 1.54) is 12.1 Å². The second-order valence-electron chi connectivity index (χ2n) is 9.78. The number of amides is 1. The Morgan fingerprint density at radius 3 is 2.46 bits per heavy atom. The van der Waals surface area contributed by atoms with Gasteiger partial charge in [0.1, 0.15) is 10.6 Å². The number of ether oxygens (including phenoxy) is 1. The topological polar surface area (TPSA) is 137 Å². The summed E-state index contributed by atoms with van der Waals surface area (Å²) in [5.41, 5.74) is -0.277. The van der Waals surface area contributed by atoms with Crippen LogP contribution in [0.4, 0.5) is 5.69 Å². The van der Waals surface area contributed by atoms with E-state index in [1.54, 1.807) is 23.4 Å². The molecule has 1 N–H and O–H groups in total. The minimum absolute atomic E-state index is 0.0972. The minimum atomic E-state index is -4.15. The number of carbonyl (C=O) groups is 1. The number of nitro benzene ring substituents is 1. The first-order valence-corrected chi connectivity index (χ1v) is 13.1. The molecule has 1 amide bonds. The Morgan fingerprint density at radius 2 is 1.91 bits per heavy atom. The van der Waals surface area contributed by atoms with Crippen LogP contribution in [0.15, 0.2) is 23.1 Å². The van der Waals surface area contributed by atoms with Crippen molar-refractivity contribution in [3.63, 3.8) is 0 Å². The van der Waals surface area contributed by atoms with E-state index in [0.29, 0.717) is 25.1 Å². The van der Waals surface area contributed by atoms with Gasteiger partial charge in [-0.2, -0.15) is 5.10 Å². The number of nitro groups is 1. The predicted molar refractivity (Wildman–Crippen MR) is 130 cm³/mol. The molecule has 11 nitrogen and oxygen atoms in total. The Hall–Kier alpha value is -2.99. The zero-order valence-electron chi connectivity index (χ0n) is 21.0. The zero-order chi connectivity index (χ0) is 26.1. The molecule has 1 saturated heterocycles. The van der Waals surface area contributed by atoms with Gasteiger partial charge in [-0.05, 0) is 59.9 Å². The van der Waals surface area contributed by atoms with E-state index >= 15 is 0 Å². The number of benzene rings is 1. The Balaban J connectivity index is 2.14. The third-order valence-electron chi connectivity index (χ3n) is 5.90. The quantitative estimate of drug-likeness (QED) is 0.422. The second kappa shape index (κ2) is 9.94.